The maximum Gasteiger partial charge on any atom is 0.240 e. The molecule has 0 spiro atoms. The zero-order chi connectivity index (χ0) is 15.8. The lowest BCUT2D eigenvalue weighted by molar-refractivity contribution is 0.566. The van der Waals surface area contributed by atoms with Crippen LogP contribution in [0.3, 0.4) is 0 Å². The molecule has 1 fully saturated rings. The van der Waals surface area contributed by atoms with Gasteiger partial charge in [-0.2, -0.15) is 0 Å². The van der Waals surface area contributed by atoms with Crippen molar-refractivity contribution < 1.29 is 8.42 Å². The molecule has 116 valence electrons. The molecule has 5 heteroatoms. The van der Waals surface area contributed by atoms with Gasteiger partial charge < -0.3 is 0 Å². The SMILES string of the molecule is Cc1cc(Cl)ccc1S(=O)(=O)NCC1(c2ccccc2)CC1. The summed E-state index contributed by atoms with van der Waals surface area (Å²) in [5, 5.41) is 0.541. The lowest BCUT2D eigenvalue weighted by Gasteiger charge is -2.17. The van der Waals surface area contributed by atoms with Gasteiger partial charge in [-0.3, -0.25) is 0 Å². The minimum atomic E-state index is -3.52. The molecular weight excluding hydrogens is 318 g/mol. The van der Waals surface area contributed by atoms with E-state index in [-0.39, 0.29) is 5.41 Å². The zero-order valence-corrected chi connectivity index (χ0v) is 13.9. The maximum absolute atomic E-state index is 12.5. The van der Waals surface area contributed by atoms with Crippen molar-refractivity contribution >= 4 is 21.6 Å². The van der Waals surface area contributed by atoms with E-state index in [4.69, 9.17) is 11.6 Å². The number of hydrogen-bond donors (Lipinski definition) is 1. The van der Waals surface area contributed by atoms with Crippen LogP contribution in [0.1, 0.15) is 24.0 Å². The summed E-state index contributed by atoms with van der Waals surface area (Å²) in [5.74, 6) is 0. The van der Waals surface area contributed by atoms with Crippen LogP contribution in [-0.2, 0) is 15.4 Å². The summed E-state index contributed by atoms with van der Waals surface area (Å²) in [4.78, 5) is 0.292. The van der Waals surface area contributed by atoms with Gasteiger partial charge in [-0.1, -0.05) is 41.9 Å². The van der Waals surface area contributed by atoms with E-state index >= 15 is 0 Å². The third kappa shape index (κ3) is 3.05. The molecule has 0 aromatic heterocycles. The highest BCUT2D eigenvalue weighted by molar-refractivity contribution is 7.89. The van der Waals surface area contributed by atoms with Crippen molar-refractivity contribution in [2.24, 2.45) is 0 Å². The van der Waals surface area contributed by atoms with Crippen molar-refractivity contribution in [3.8, 4) is 0 Å². The van der Waals surface area contributed by atoms with Crippen LogP contribution in [-0.4, -0.2) is 15.0 Å². The number of sulfonamides is 1. The van der Waals surface area contributed by atoms with Gasteiger partial charge >= 0.3 is 0 Å². The molecule has 0 unspecified atom stereocenters. The molecule has 2 aromatic carbocycles. The molecule has 0 amide bonds. The predicted octanol–water partition coefficient (Wildman–Crippen LogP) is 3.66. The zero-order valence-electron chi connectivity index (χ0n) is 12.3. The minimum Gasteiger partial charge on any atom is -0.210 e. The third-order valence-corrected chi connectivity index (χ3v) is 6.06. The molecule has 0 radical (unpaired) electrons. The first kappa shape index (κ1) is 15.5. The maximum atomic E-state index is 12.5. The quantitative estimate of drug-likeness (QED) is 0.906. The van der Waals surface area contributed by atoms with Crippen LogP contribution >= 0.6 is 11.6 Å². The van der Waals surface area contributed by atoms with Gasteiger partial charge in [-0.25, -0.2) is 13.1 Å². The number of halogens is 1. The van der Waals surface area contributed by atoms with Crippen molar-refractivity contribution in [3.05, 3.63) is 64.7 Å². The second-order valence-corrected chi connectivity index (χ2v) is 8.05. The van der Waals surface area contributed by atoms with Crippen LogP contribution in [0.25, 0.3) is 0 Å². The normalized spacial score (nSPS) is 16.5. The molecule has 0 aliphatic heterocycles. The molecule has 3 nitrogen and oxygen atoms in total. The van der Waals surface area contributed by atoms with Gasteiger partial charge in [0, 0.05) is 17.0 Å². The first-order valence-electron chi connectivity index (χ1n) is 7.24. The van der Waals surface area contributed by atoms with Crippen LogP contribution in [0.2, 0.25) is 5.02 Å². The van der Waals surface area contributed by atoms with E-state index in [1.165, 1.54) is 5.56 Å². The largest absolute Gasteiger partial charge is 0.240 e. The van der Waals surface area contributed by atoms with Gasteiger partial charge in [-0.15, -0.1) is 0 Å². The first-order valence-corrected chi connectivity index (χ1v) is 9.10. The molecule has 1 saturated carbocycles. The fourth-order valence-corrected chi connectivity index (χ4v) is 4.31. The van der Waals surface area contributed by atoms with Gasteiger partial charge in [0.1, 0.15) is 0 Å². The summed E-state index contributed by atoms with van der Waals surface area (Å²) < 4.78 is 27.8. The van der Waals surface area contributed by atoms with Crippen molar-refractivity contribution in [1.29, 1.82) is 0 Å². The second-order valence-electron chi connectivity index (χ2n) is 5.88. The highest BCUT2D eigenvalue weighted by atomic mass is 35.5. The second kappa shape index (κ2) is 5.69. The van der Waals surface area contributed by atoms with Crippen molar-refractivity contribution in [2.75, 3.05) is 6.54 Å². The Kier molecular flexibility index (Phi) is 4.02. The van der Waals surface area contributed by atoms with Gasteiger partial charge in [-0.05, 0) is 49.1 Å². The van der Waals surface area contributed by atoms with Crippen molar-refractivity contribution in [1.82, 2.24) is 4.72 Å². The van der Waals surface area contributed by atoms with E-state index in [1.807, 2.05) is 18.2 Å². The Labute approximate surface area is 136 Å². The molecule has 22 heavy (non-hydrogen) atoms. The molecule has 2 aromatic rings. The van der Waals surface area contributed by atoms with E-state index < -0.39 is 10.0 Å². The standard InChI is InChI=1S/C17H18ClNO2S/c1-13-11-15(18)7-8-16(13)22(20,21)19-12-17(9-10-17)14-5-3-2-4-6-14/h2-8,11,19H,9-10,12H2,1H3. The van der Waals surface area contributed by atoms with Crippen molar-refractivity contribution in [3.63, 3.8) is 0 Å². The minimum absolute atomic E-state index is 0.0470. The monoisotopic (exact) mass is 335 g/mol. The highest BCUT2D eigenvalue weighted by Gasteiger charge is 2.44. The number of hydrogen-bond acceptors (Lipinski definition) is 2. The van der Waals surface area contributed by atoms with Gasteiger partial charge in [0.25, 0.3) is 0 Å². The number of rotatable bonds is 5. The average molecular weight is 336 g/mol. The van der Waals surface area contributed by atoms with E-state index in [0.29, 0.717) is 22.0 Å². The Hall–Kier alpha value is -1.36. The van der Waals surface area contributed by atoms with Crippen LogP contribution in [0.4, 0.5) is 0 Å². The molecule has 0 bridgehead atoms. The molecule has 0 heterocycles. The molecule has 3 rings (SSSR count). The van der Waals surface area contributed by atoms with Gasteiger partial charge in [0.05, 0.1) is 4.90 Å². The Morgan fingerprint density at radius 2 is 1.82 bits per heavy atom. The van der Waals surface area contributed by atoms with Gasteiger partial charge in [0.2, 0.25) is 10.0 Å². The Morgan fingerprint density at radius 3 is 2.41 bits per heavy atom. The summed E-state index contributed by atoms with van der Waals surface area (Å²) >= 11 is 5.89. The highest BCUT2D eigenvalue weighted by Crippen LogP contribution is 2.47. The predicted molar refractivity (Wildman–Crippen MR) is 88.7 cm³/mol. The Morgan fingerprint density at radius 1 is 1.14 bits per heavy atom. The molecule has 1 aliphatic rings. The summed E-state index contributed by atoms with van der Waals surface area (Å²) in [6.45, 7) is 2.19. The fraction of sp³-hybridized carbons (Fsp3) is 0.294. The van der Waals surface area contributed by atoms with Crippen LogP contribution < -0.4 is 4.72 Å². The Bertz CT molecular complexity index is 784. The van der Waals surface area contributed by atoms with Crippen LogP contribution in [0, 0.1) is 6.92 Å². The van der Waals surface area contributed by atoms with E-state index in [9.17, 15) is 8.42 Å². The summed E-state index contributed by atoms with van der Waals surface area (Å²) in [6.07, 6.45) is 2.03. The summed E-state index contributed by atoms with van der Waals surface area (Å²) in [5.41, 5.74) is 1.81. The Balaban J connectivity index is 1.79. The third-order valence-electron chi connectivity index (χ3n) is 4.27. The molecule has 0 atom stereocenters. The fourth-order valence-electron chi connectivity index (χ4n) is 2.74. The summed E-state index contributed by atoms with van der Waals surface area (Å²) in [6, 6.07) is 14.9. The smallest absolute Gasteiger partial charge is 0.210 e. The van der Waals surface area contributed by atoms with Crippen molar-refractivity contribution in [2.45, 2.75) is 30.1 Å². The topological polar surface area (TPSA) is 46.2 Å². The molecule has 1 N–H and O–H groups in total. The number of aryl methyl sites for hydroxylation is 1. The van der Waals surface area contributed by atoms with E-state index in [2.05, 4.69) is 16.9 Å². The number of nitrogens with one attached hydrogen (secondary N) is 1. The molecule has 0 saturated heterocycles. The number of benzene rings is 2. The van der Waals surface area contributed by atoms with E-state index in [1.54, 1.807) is 25.1 Å². The van der Waals surface area contributed by atoms with Crippen LogP contribution in [0.5, 0.6) is 0 Å². The first-order chi connectivity index (χ1) is 10.4. The lowest BCUT2D eigenvalue weighted by atomic mass is 9.96. The molecular formula is C17H18ClNO2S. The summed E-state index contributed by atoms with van der Waals surface area (Å²) in [7, 11) is -3.52. The van der Waals surface area contributed by atoms with Gasteiger partial charge in [0.15, 0.2) is 0 Å². The lowest BCUT2D eigenvalue weighted by Crippen LogP contribution is -2.32. The van der Waals surface area contributed by atoms with Crippen LogP contribution in [0.15, 0.2) is 53.4 Å². The molecule has 1 aliphatic carbocycles. The van der Waals surface area contributed by atoms with E-state index in [0.717, 1.165) is 12.8 Å². The average Bonchev–Trinajstić information content (AvgIpc) is 3.27.